The van der Waals surface area contributed by atoms with E-state index in [1.54, 1.807) is 13.8 Å². The third kappa shape index (κ3) is 2.08. The number of hydrazone groups is 1. The Labute approximate surface area is 81.9 Å². The number of nitrogens with zero attached hydrogens (tertiary/aromatic N) is 1. The van der Waals surface area contributed by atoms with Crippen LogP contribution in [0.4, 0.5) is 0 Å². The van der Waals surface area contributed by atoms with Gasteiger partial charge in [0.25, 0.3) is 0 Å². The molecule has 2 atom stereocenters. The van der Waals surface area contributed by atoms with Crippen molar-refractivity contribution >= 4 is 17.5 Å². The second kappa shape index (κ2) is 4.19. The van der Waals surface area contributed by atoms with Crippen LogP contribution in [0.15, 0.2) is 5.10 Å². The lowest BCUT2D eigenvalue weighted by Crippen LogP contribution is -2.37. The quantitative estimate of drug-likeness (QED) is 0.312. The largest absolute Gasteiger partial charge is 0.294 e. The van der Waals surface area contributed by atoms with Gasteiger partial charge in [-0.3, -0.25) is 15.0 Å². The Morgan fingerprint density at radius 3 is 2.86 bits per heavy atom. The van der Waals surface area contributed by atoms with Crippen molar-refractivity contribution in [3.63, 3.8) is 0 Å². The molecule has 0 aliphatic carbocycles. The predicted molar refractivity (Wildman–Crippen MR) is 50.9 cm³/mol. The molecule has 6 heteroatoms. The molecule has 2 unspecified atom stereocenters. The molecular weight excluding hydrogens is 184 g/mol. The van der Waals surface area contributed by atoms with E-state index in [0.29, 0.717) is 12.1 Å². The first-order valence-corrected chi connectivity index (χ1v) is 4.40. The Hall–Kier alpha value is -1.43. The van der Waals surface area contributed by atoms with Crippen molar-refractivity contribution in [2.45, 2.75) is 20.3 Å². The Bertz CT molecular complexity index is 287. The molecule has 0 radical (unpaired) electrons. The molecule has 1 aliphatic heterocycles. The van der Waals surface area contributed by atoms with Crippen LogP contribution < -0.4 is 16.7 Å². The van der Waals surface area contributed by atoms with Crippen molar-refractivity contribution in [3.05, 3.63) is 0 Å². The number of hydrogen-bond acceptors (Lipinski definition) is 4. The molecule has 0 aromatic rings. The van der Waals surface area contributed by atoms with Gasteiger partial charge in [-0.2, -0.15) is 5.10 Å². The van der Waals surface area contributed by atoms with Gasteiger partial charge in [-0.1, -0.05) is 6.92 Å². The second-order valence-corrected chi connectivity index (χ2v) is 3.43. The van der Waals surface area contributed by atoms with E-state index in [4.69, 9.17) is 5.84 Å². The van der Waals surface area contributed by atoms with Crippen LogP contribution in [-0.4, -0.2) is 17.5 Å². The Morgan fingerprint density at radius 2 is 2.43 bits per heavy atom. The van der Waals surface area contributed by atoms with Crippen LogP contribution in [0.2, 0.25) is 0 Å². The summed E-state index contributed by atoms with van der Waals surface area (Å²) < 4.78 is 0. The van der Waals surface area contributed by atoms with E-state index in [0.717, 1.165) is 0 Å². The first kappa shape index (κ1) is 10.6. The van der Waals surface area contributed by atoms with Crippen LogP contribution in [0.25, 0.3) is 0 Å². The number of rotatable bonds is 3. The number of carbonyl (C=O) groups excluding carboxylic acids is 2. The number of hydrazine groups is 1. The monoisotopic (exact) mass is 198 g/mol. The van der Waals surface area contributed by atoms with Gasteiger partial charge >= 0.3 is 0 Å². The molecule has 0 spiro atoms. The molecule has 0 saturated heterocycles. The van der Waals surface area contributed by atoms with Gasteiger partial charge in [-0.25, -0.2) is 11.3 Å². The van der Waals surface area contributed by atoms with Gasteiger partial charge < -0.3 is 0 Å². The first-order chi connectivity index (χ1) is 6.56. The van der Waals surface area contributed by atoms with Crippen molar-refractivity contribution in [1.29, 1.82) is 0 Å². The van der Waals surface area contributed by atoms with E-state index in [-0.39, 0.29) is 23.7 Å². The van der Waals surface area contributed by atoms with E-state index in [1.165, 1.54) is 0 Å². The van der Waals surface area contributed by atoms with Crippen LogP contribution in [0.1, 0.15) is 20.3 Å². The van der Waals surface area contributed by atoms with E-state index >= 15 is 0 Å². The van der Waals surface area contributed by atoms with Crippen molar-refractivity contribution in [2.75, 3.05) is 0 Å². The highest BCUT2D eigenvalue weighted by molar-refractivity contribution is 6.07. The summed E-state index contributed by atoms with van der Waals surface area (Å²) in [6.45, 7) is 3.48. The molecule has 6 nitrogen and oxygen atoms in total. The molecule has 1 aliphatic rings. The molecule has 4 N–H and O–H groups in total. The molecule has 1 heterocycles. The topological polar surface area (TPSA) is 96.6 Å². The standard InChI is InChI=1S/C8H14N4O2/c1-4(7(13)10-9)3-6-5(2)11-12-8(6)14/h4,6H,3,9H2,1-2H3,(H,10,13)(H,12,14). The summed E-state index contributed by atoms with van der Waals surface area (Å²) in [5.41, 5.74) is 5.14. The maximum atomic E-state index is 11.2. The smallest absolute Gasteiger partial charge is 0.248 e. The number of amides is 2. The van der Waals surface area contributed by atoms with Crippen molar-refractivity contribution in [3.8, 4) is 0 Å². The second-order valence-electron chi connectivity index (χ2n) is 3.43. The minimum atomic E-state index is -0.303. The van der Waals surface area contributed by atoms with Gasteiger partial charge in [-0.05, 0) is 13.3 Å². The summed E-state index contributed by atoms with van der Waals surface area (Å²) in [6, 6.07) is 0. The SMILES string of the molecule is CC1=NNC(=O)C1CC(C)C(=O)NN. The number of carbonyl (C=O) groups is 2. The number of nitrogens with one attached hydrogen (secondary N) is 2. The molecule has 0 saturated carbocycles. The molecule has 0 aromatic heterocycles. The van der Waals surface area contributed by atoms with Gasteiger partial charge in [0.1, 0.15) is 0 Å². The van der Waals surface area contributed by atoms with E-state index < -0.39 is 0 Å². The van der Waals surface area contributed by atoms with E-state index in [2.05, 4.69) is 16.0 Å². The maximum Gasteiger partial charge on any atom is 0.248 e. The summed E-state index contributed by atoms with van der Waals surface area (Å²) in [5, 5.41) is 3.79. The Morgan fingerprint density at radius 1 is 1.79 bits per heavy atom. The number of hydrogen-bond donors (Lipinski definition) is 3. The van der Waals surface area contributed by atoms with Crippen molar-refractivity contribution < 1.29 is 9.59 Å². The van der Waals surface area contributed by atoms with Crippen molar-refractivity contribution in [2.24, 2.45) is 22.8 Å². The average molecular weight is 198 g/mol. The highest BCUT2D eigenvalue weighted by atomic mass is 16.2. The highest BCUT2D eigenvalue weighted by Gasteiger charge is 2.30. The minimum absolute atomic E-state index is 0.154. The van der Waals surface area contributed by atoms with Gasteiger partial charge in [-0.15, -0.1) is 0 Å². The average Bonchev–Trinajstić information content (AvgIpc) is 2.48. The fourth-order valence-electron chi connectivity index (χ4n) is 1.37. The van der Waals surface area contributed by atoms with Crippen LogP contribution in [0.3, 0.4) is 0 Å². The highest BCUT2D eigenvalue weighted by Crippen LogP contribution is 2.17. The normalized spacial score (nSPS) is 22.6. The molecule has 0 aromatic carbocycles. The summed E-state index contributed by atoms with van der Waals surface area (Å²) in [6.07, 6.45) is 0.435. The van der Waals surface area contributed by atoms with Crippen LogP contribution in [0.5, 0.6) is 0 Å². The molecule has 0 bridgehead atoms. The lowest BCUT2D eigenvalue weighted by molar-refractivity contribution is -0.126. The van der Waals surface area contributed by atoms with E-state index in [9.17, 15) is 9.59 Å². The first-order valence-electron chi connectivity index (χ1n) is 4.40. The fourth-order valence-corrected chi connectivity index (χ4v) is 1.37. The fraction of sp³-hybridized carbons (Fsp3) is 0.625. The zero-order valence-corrected chi connectivity index (χ0v) is 8.20. The van der Waals surface area contributed by atoms with Gasteiger partial charge in [0, 0.05) is 11.6 Å². The third-order valence-corrected chi connectivity index (χ3v) is 2.34. The molecule has 2 amide bonds. The minimum Gasteiger partial charge on any atom is -0.294 e. The van der Waals surface area contributed by atoms with Crippen LogP contribution >= 0.6 is 0 Å². The van der Waals surface area contributed by atoms with Gasteiger partial charge in [0.05, 0.1) is 5.92 Å². The lowest BCUT2D eigenvalue weighted by atomic mass is 9.92. The molecular formula is C8H14N4O2. The summed E-state index contributed by atoms with van der Waals surface area (Å²) in [7, 11) is 0. The Balaban J connectivity index is 2.56. The van der Waals surface area contributed by atoms with Gasteiger partial charge in [0.15, 0.2) is 0 Å². The van der Waals surface area contributed by atoms with Gasteiger partial charge in [0.2, 0.25) is 11.8 Å². The lowest BCUT2D eigenvalue weighted by Gasteiger charge is -2.13. The summed E-state index contributed by atoms with van der Waals surface area (Å²) in [5.74, 6) is 3.97. The van der Waals surface area contributed by atoms with Crippen LogP contribution in [-0.2, 0) is 9.59 Å². The van der Waals surface area contributed by atoms with Crippen LogP contribution in [0, 0.1) is 11.8 Å². The summed E-state index contributed by atoms with van der Waals surface area (Å²) >= 11 is 0. The zero-order valence-electron chi connectivity index (χ0n) is 8.20. The molecule has 78 valence electrons. The van der Waals surface area contributed by atoms with Crippen molar-refractivity contribution in [1.82, 2.24) is 10.9 Å². The van der Waals surface area contributed by atoms with E-state index in [1.807, 2.05) is 0 Å². The Kier molecular flexibility index (Phi) is 3.19. The molecule has 14 heavy (non-hydrogen) atoms. The number of nitrogens with two attached hydrogens (primary N) is 1. The zero-order chi connectivity index (χ0) is 10.7. The predicted octanol–water partition coefficient (Wildman–Crippen LogP) is -0.876. The molecule has 1 rings (SSSR count). The third-order valence-electron chi connectivity index (χ3n) is 2.34. The molecule has 0 fully saturated rings. The summed E-state index contributed by atoms with van der Waals surface area (Å²) in [4.78, 5) is 22.3. The maximum absolute atomic E-state index is 11.2.